The molecule has 2 atom stereocenters. The van der Waals surface area contributed by atoms with Crippen molar-refractivity contribution in [1.82, 2.24) is 19.8 Å². The lowest BCUT2D eigenvalue weighted by Crippen LogP contribution is -2.60. The SMILES string of the molecule is CC1(C)CN(CC(=O)N2CCCC(O)C2)[C@H](C(=O)Nc2cc(Cl)cc3c2[nH]c2cnccc23)CO1. The molecule has 0 bridgehead atoms. The van der Waals surface area contributed by atoms with E-state index in [1.54, 1.807) is 23.4 Å². The molecule has 186 valence electrons. The number of halogens is 1. The highest BCUT2D eigenvalue weighted by molar-refractivity contribution is 6.33. The number of ether oxygens (including phenoxy) is 1. The van der Waals surface area contributed by atoms with Gasteiger partial charge in [0, 0.05) is 41.6 Å². The van der Waals surface area contributed by atoms with Crippen LogP contribution in [0.2, 0.25) is 5.02 Å². The summed E-state index contributed by atoms with van der Waals surface area (Å²) >= 11 is 6.40. The lowest BCUT2D eigenvalue weighted by Gasteiger charge is -2.43. The van der Waals surface area contributed by atoms with Gasteiger partial charge in [0.2, 0.25) is 11.8 Å². The summed E-state index contributed by atoms with van der Waals surface area (Å²) in [7, 11) is 0. The van der Waals surface area contributed by atoms with Crippen molar-refractivity contribution in [2.45, 2.75) is 44.4 Å². The summed E-state index contributed by atoms with van der Waals surface area (Å²) in [5.41, 5.74) is 1.67. The fourth-order valence-corrected chi connectivity index (χ4v) is 5.27. The number of aliphatic hydroxyl groups is 1. The van der Waals surface area contributed by atoms with E-state index in [2.05, 4.69) is 15.3 Å². The highest BCUT2D eigenvalue weighted by Gasteiger charge is 2.39. The van der Waals surface area contributed by atoms with Gasteiger partial charge in [0.25, 0.3) is 0 Å². The van der Waals surface area contributed by atoms with Gasteiger partial charge in [-0.2, -0.15) is 0 Å². The Morgan fingerprint density at radius 3 is 2.97 bits per heavy atom. The molecular formula is C25H30ClN5O4. The minimum atomic E-state index is -0.651. The number of aliphatic hydroxyl groups excluding tert-OH is 1. The van der Waals surface area contributed by atoms with Crippen LogP contribution in [0.3, 0.4) is 0 Å². The van der Waals surface area contributed by atoms with Crippen LogP contribution in [0.4, 0.5) is 5.69 Å². The van der Waals surface area contributed by atoms with Gasteiger partial charge in [-0.05, 0) is 44.9 Å². The number of amides is 2. The van der Waals surface area contributed by atoms with E-state index >= 15 is 0 Å². The molecule has 0 aliphatic carbocycles. The molecular weight excluding hydrogens is 470 g/mol. The van der Waals surface area contributed by atoms with Crippen LogP contribution < -0.4 is 5.32 Å². The van der Waals surface area contributed by atoms with Gasteiger partial charge < -0.3 is 25.0 Å². The molecule has 35 heavy (non-hydrogen) atoms. The third-order valence-corrected chi connectivity index (χ3v) is 7.00. The molecule has 2 amide bonds. The fourth-order valence-electron chi connectivity index (χ4n) is 5.05. The first-order chi connectivity index (χ1) is 16.7. The zero-order valence-corrected chi connectivity index (χ0v) is 20.6. The number of hydrogen-bond acceptors (Lipinski definition) is 6. The van der Waals surface area contributed by atoms with Crippen LogP contribution in [0, 0.1) is 0 Å². The van der Waals surface area contributed by atoms with E-state index in [-0.39, 0.29) is 25.0 Å². The van der Waals surface area contributed by atoms with Crippen LogP contribution in [0.5, 0.6) is 0 Å². The van der Waals surface area contributed by atoms with Gasteiger partial charge in [-0.25, -0.2) is 0 Å². The topological polar surface area (TPSA) is 111 Å². The molecule has 10 heteroatoms. The Kier molecular flexibility index (Phi) is 6.43. The molecule has 0 saturated carbocycles. The molecule has 2 saturated heterocycles. The summed E-state index contributed by atoms with van der Waals surface area (Å²) in [6.07, 6.45) is 4.43. The molecule has 0 radical (unpaired) electrons. The van der Waals surface area contributed by atoms with E-state index in [1.165, 1.54) is 0 Å². The molecule has 2 aromatic heterocycles. The number of fused-ring (bicyclic) bond motifs is 3. The molecule has 9 nitrogen and oxygen atoms in total. The van der Waals surface area contributed by atoms with E-state index in [0.29, 0.717) is 36.8 Å². The predicted molar refractivity (Wildman–Crippen MR) is 134 cm³/mol. The van der Waals surface area contributed by atoms with Gasteiger partial charge in [-0.1, -0.05) is 11.6 Å². The highest BCUT2D eigenvalue weighted by Crippen LogP contribution is 2.33. The fraction of sp³-hybridized carbons (Fsp3) is 0.480. The van der Waals surface area contributed by atoms with Gasteiger partial charge in [0.05, 0.1) is 47.8 Å². The van der Waals surface area contributed by atoms with Crippen LogP contribution >= 0.6 is 11.6 Å². The van der Waals surface area contributed by atoms with Crippen molar-refractivity contribution >= 4 is 50.9 Å². The summed E-state index contributed by atoms with van der Waals surface area (Å²) in [4.78, 5) is 37.6. The number of piperidine rings is 1. The van der Waals surface area contributed by atoms with Crippen LogP contribution in [0.15, 0.2) is 30.6 Å². The normalized spacial score (nSPS) is 23.0. The van der Waals surface area contributed by atoms with E-state index in [9.17, 15) is 14.7 Å². The number of likely N-dealkylation sites (tertiary alicyclic amines) is 1. The number of nitrogens with zero attached hydrogens (tertiary/aromatic N) is 3. The molecule has 3 aromatic rings. The van der Waals surface area contributed by atoms with Crippen molar-refractivity contribution < 1.29 is 19.4 Å². The Hall–Kier alpha value is -2.72. The molecule has 5 rings (SSSR count). The number of rotatable bonds is 4. The number of pyridine rings is 1. The second-order valence-electron chi connectivity index (χ2n) is 10.0. The maximum atomic E-state index is 13.5. The maximum Gasteiger partial charge on any atom is 0.244 e. The van der Waals surface area contributed by atoms with Gasteiger partial charge in [0.15, 0.2) is 0 Å². The number of carbonyl (C=O) groups excluding carboxylic acids is 2. The average Bonchev–Trinajstić information content (AvgIpc) is 3.17. The van der Waals surface area contributed by atoms with E-state index in [4.69, 9.17) is 16.3 Å². The van der Waals surface area contributed by atoms with Crippen molar-refractivity contribution in [2.24, 2.45) is 0 Å². The first-order valence-corrected chi connectivity index (χ1v) is 12.3. The Balaban J connectivity index is 1.39. The number of morpholine rings is 1. The lowest BCUT2D eigenvalue weighted by atomic mass is 10.0. The minimum absolute atomic E-state index is 0.0839. The molecule has 0 spiro atoms. The Morgan fingerprint density at radius 2 is 2.17 bits per heavy atom. The summed E-state index contributed by atoms with van der Waals surface area (Å²) < 4.78 is 5.96. The van der Waals surface area contributed by atoms with Crippen LogP contribution in [-0.4, -0.2) is 87.2 Å². The van der Waals surface area contributed by atoms with Crippen molar-refractivity contribution in [3.8, 4) is 0 Å². The number of benzene rings is 1. The summed E-state index contributed by atoms with van der Waals surface area (Å²) in [6.45, 7) is 5.52. The van der Waals surface area contributed by atoms with E-state index in [0.717, 1.165) is 28.2 Å². The zero-order chi connectivity index (χ0) is 24.7. The number of aromatic amines is 1. The number of aromatic nitrogens is 2. The Labute approximate surface area is 208 Å². The average molecular weight is 500 g/mol. The number of hydrogen-bond donors (Lipinski definition) is 3. The van der Waals surface area contributed by atoms with Crippen molar-refractivity contribution in [1.29, 1.82) is 0 Å². The van der Waals surface area contributed by atoms with E-state index < -0.39 is 17.7 Å². The smallest absolute Gasteiger partial charge is 0.244 e. The highest BCUT2D eigenvalue weighted by atomic mass is 35.5. The second kappa shape index (κ2) is 9.39. The molecule has 4 heterocycles. The number of H-pyrrole nitrogens is 1. The largest absolute Gasteiger partial charge is 0.391 e. The zero-order valence-electron chi connectivity index (χ0n) is 19.9. The van der Waals surface area contributed by atoms with Gasteiger partial charge in [-0.3, -0.25) is 19.5 Å². The van der Waals surface area contributed by atoms with Gasteiger partial charge in [0.1, 0.15) is 6.04 Å². The Morgan fingerprint density at radius 1 is 1.34 bits per heavy atom. The third kappa shape index (κ3) is 4.99. The van der Waals surface area contributed by atoms with Crippen molar-refractivity contribution in [3.05, 3.63) is 35.6 Å². The third-order valence-electron chi connectivity index (χ3n) is 6.78. The number of carbonyl (C=O) groups is 2. The Bertz CT molecular complexity index is 1280. The monoisotopic (exact) mass is 499 g/mol. The van der Waals surface area contributed by atoms with Crippen LogP contribution in [-0.2, 0) is 14.3 Å². The lowest BCUT2D eigenvalue weighted by molar-refractivity contribution is -0.151. The minimum Gasteiger partial charge on any atom is -0.391 e. The number of β-amino-alcohol motifs (C(OH)–C–C–N with tert-alkyl or cyclic N) is 1. The molecule has 2 aliphatic rings. The summed E-state index contributed by atoms with van der Waals surface area (Å²) in [5.74, 6) is -0.361. The van der Waals surface area contributed by atoms with Gasteiger partial charge in [-0.15, -0.1) is 0 Å². The first kappa shape index (κ1) is 24.0. The quantitative estimate of drug-likeness (QED) is 0.509. The number of anilines is 1. The van der Waals surface area contributed by atoms with E-state index in [1.807, 2.05) is 30.9 Å². The van der Waals surface area contributed by atoms with Gasteiger partial charge >= 0.3 is 0 Å². The summed E-state index contributed by atoms with van der Waals surface area (Å²) in [5, 5.41) is 15.3. The van der Waals surface area contributed by atoms with Crippen molar-refractivity contribution in [3.63, 3.8) is 0 Å². The number of nitrogens with one attached hydrogen (secondary N) is 2. The second-order valence-corrected chi connectivity index (χ2v) is 10.5. The van der Waals surface area contributed by atoms with Crippen molar-refractivity contribution in [2.75, 3.05) is 38.1 Å². The summed E-state index contributed by atoms with van der Waals surface area (Å²) in [6, 6.07) is 4.82. The molecule has 2 aliphatic heterocycles. The maximum absolute atomic E-state index is 13.5. The van der Waals surface area contributed by atoms with Crippen LogP contribution in [0.1, 0.15) is 26.7 Å². The molecule has 1 aromatic carbocycles. The standard InChI is InChI=1S/C25H30ClN5O4/c1-25(2)14-31(12-22(33)30-7-3-4-16(32)11-30)21(13-35-25)24(34)29-19-9-15(26)8-18-17-5-6-27-10-20(17)28-23(18)19/h5-6,8-10,16,21,28,32H,3-4,7,11-14H2,1-2H3,(H,29,34)/t16?,21-/m0/s1. The predicted octanol–water partition coefficient (Wildman–Crippen LogP) is 2.77. The molecule has 1 unspecified atom stereocenters. The molecule has 3 N–H and O–H groups in total. The molecule has 2 fully saturated rings. The van der Waals surface area contributed by atoms with Crippen LogP contribution in [0.25, 0.3) is 21.8 Å². The first-order valence-electron chi connectivity index (χ1n) is 11.9.